The molecule has 0 aliphatic rings. The highest BCUT2D eigenvalue weighted by atomic mass is 32.1. The molecule has 2 aromatic rings. The van der Waals surface area contributed by atoms with Gasteiger partial charge in [-0.25, -0.2) is 0 Å². The molecule has 108 valence electrons. The quantitative estimate of drug-likeness (QED) is 0.886. The summed E-state index contributed by atoms with van der Waals surface area (Å²) in [6, 6.07) is 6.51. The molecule has 0 unspecified atom stereocenters. The third-order valence-electron chi connectivity index (χ3n) is 3.25. The smallest absolute Gasteiger partial charge is 0.207 e. The Morgan fingerprint density at radius 2 is 1.75 bits per heavy atom. The first-order chi connectivity index (χ1) is 9.65. The molecule has 1 aromatic heterocycles. The molecule has 1 heterocycles. The van der Waals surface area contributed by atoms with Crippen LogP contribution in [0, 0.1) is 0 Å². The van der Waals surface area contributed by atoms with Crippen molar-refractivity contribution in [3.05, 3.63) is 34.3 Å². The van der Waals surface area contributed by atoms with Gasteiger partial charge in [-0.05, 0) is 24.0 Å². The Morgan fingerprint density at radius 3 is 2.25 bits per heavy atom. The summed E-state index contributed by atoms with van der Waals surface area (Å²) in [5.74, 6) is 0. The first-order valence-electron chi connectivity index (χ1n) is 7.00. The van der Waals surface area contributed by atoms with Crippen LogP contribution in [0.25, 0.3) is 0 Å². The molecule has 0 saturated carbocycles. The zero-order valence-corrected chi connectivity index (χ0v) is 13.4. The van der Waals surface area contributed by atoms with Gasteiger partial charge < -0.3 is 10.2 Å². The third-order valence-corrected chi connectivity index (χ3v) is 4.34. The molecule has 0 radical (unpaired) electrons. The standard InChI is InChI=1S/C15H22N4S/c1-5-11-8-7-9-12(6-2)14(11)16-10-13-17-18-15(20-13)19(3)4/h7-9,16H,5-6,10H2,1-4H3. The van der Waals surface area contributed by atoms with Gasteiger partial charge in [-0.3, -0.25) is 0 Å². The molecule has 20 heavy (non-hydrogen) atoms. The van der Waals surface area contributed by atoms with Crippen molar-refractivity contribution in [1.29, 1.82) is 0 Å². The van der Waals surface area contributed by atoms with Gasteiger partial charge in [0.2, 0.25) is 5.13 Å². The summed E-state index contributed by atoms with van der Waals surface area (Å²) in [6.45, 7) is 5.11. The van der Waals surface area contributed by atoms with Crippen LogP contribution in [0.5, 0.6) is 0 Å². The number of para-hydroxylation sites is 1. The number of hydrogen-bond acceptors (Lipinski definition) is 5. The van der Waals surface area contributed by atoms with Gasteiger partial charge in [0.05, 0.1) is 6.54 Å². The number of nitrogens with zero attached hydrogens (tertiary/aromatic N) is 3. The van der Waals surface area contributed by atoms with Gasteiger partial charge in [0.15, 0.2) is 0 Å². The molecule has 0 bridgehead atoms. The van der Waals surface area contributed by atoms with Gasteiger partial charge in [0, 0.05) is 19.8 Å². The van der Waals surface area contributed by atoms with Crippen molar-refractivity contribution >= 4 is 22.2 Å². The Balaban J connectivity index is 2.13. The highest BCUT2D eigenvalue weighted by molar-refractivity contribution is 7.15. The average molecular weight is 290 g/mol. The fraction of sp³-hybridized carbons (Fsp3) is 0.467. The van der Waals surface area contributed by atoms with Gasteiger partial charge in [0.1, 0.15) is 5.01 Å². The van der Waals surface area contributed by atoms with Gasteiger partial charge in [0.25, 0.3) is 0 Å². The van der Waals surface area contributed by atoms with E-state index in [0.29, 0.717) is 0 Å². The SMILES string of the molecule is CCc1cccc(CC)c1NCc1nnc(N(C)C)s1. The monoisotopic (exact) mass is 290 g/mol. The lowest BCUT2D eigenvalue weighted by atomic mass is 10.0. The van der Waals surface area contributed by atoms with E-state index in [9.17, 15) is 0 Å². The zero-order chi connectivity index (χ0) is 14.5. The van der Waals surface area contributed by atoms with Crippen LogP contribution in [0.3, 0.4) is 0 Å². The molecule has 0 saturated heterocycles. The predicted molar refractivity (Wildman–Crippen MR) is 86.8 cm³/mol. The number of aryl methyl sites for hydroxylation is 2. The van der Waals surface area contributed by atoms with Crippen LogP contribution in [0.2, 0.25) is 0 Å². The number of rotatable bonds is 6. The number of anilines is 2. The number of nitrogens with one attached hydrogen (secondary N) is 1. The van der Waals surface area contributed by atoms with Gasteiger partial charge in [-0.1, -0.05) is 43.4 Å². The van der Waals surface area contributed by atoms with E-state index in [-0.39, 0.29) is 0 Å². The normalized spacial score (nSPS) is 10.6. The Labute approximate surface area is 124 Å². The lowest BCUT2D eigenvalue weighted by Crippen LogP contribution is -2.07. The molecular weight excluding hydrogens is 268 g/mol. The fourth-order valence-corrected chi connectivity index (χ4v) is 2.83. The van der Waals surface area contributed by atoms with E-state index in [1.807, 2.05) is 19.0 Å². The first kappa shape index (κ1) is 14.8. The minimum Gasteiger partial charge on any atom is -0.378 e. The second-order valence-electron chi connectivity index (χ2n) is 4.88. The summed E-state index contributed by atoms with van der Waals surface area (Å²) in [5, 5.41) is 13.9. The van der Waals surface area contributed by atoms with Crippen molar-refractivity contribution in [1.82, 2.24) is 10.2 Å². The van der Waals surface area contributed by atoms with Crippen LogP contribution in [-0.2, 0) is 19.4 Å². The molecule has 0 amide bonds. The van der Waals surface area contributed by atoms with E-state index < -0.39 is 0 Å². The van der Waals surface area contributed by atoms with E-state index in [1.165, 1.54) is 16.8 Å². The summed E-state index contributed by atoms with van der Waals surface area (Å²) in [7, 11) is 3.97. The van der Waals surface area contributed by atoms with E-state index in [0.717, 1.165) is 29.5 Å². The fourth-order valence-electron chi connectivity index (χ4n) is 2.13. The lowest BCUT2D eigenvalue weighted by molar-refractivity contribution is 0.957. The number of hydrogen-bond donors (Lipinski definition) is 1. The van der Waals surface area contributed by atoms with Crippen LogP contribution in [0.1, 0.15) is 30.0 Å². The van der Waals surface area contributed by atoms with Crippen molar-refractivity contribution in [2.75, 3.05) is 24.3 Å². The second kappa shape index (κ2) is 6.70. The minimum absolute atomic E-state index is 0.732. The average Bonchev–Trinajstić information content (AvgIpc) is 2.93. The Kier molecular flexibility index (Phi) is 4.95. The molecule has 2 rings (SSSR count). The topological polar surface area (TPSA) is 41.1 Å². The molecule has 0 aliphatic heterocycles. The van der Waals surface area contributed by atoms with E-state index in [2.05, 4.69) is 47.6 Å². The van der Waals surface area contributed by atoms with E-state index >= 15 is 0 Å². The molecule has 0 aliphatic carbocycles. The molecule has 4 nitrogen and oxygen atoms in total. The summed E-state index contributed by atoms with van der Waals surface area (Å²) < 4.78 is 0. The molecule has 5 heteroatoms. The summed E-state index contributed by atoms with van der Waals surface area (Å²) >= 11 is 1.63. The molecule has 0 spiro atoms. The maximum Gasteiger partial charge on any atom is 0.207 e. The van der Waals surface area contributed by atoms with Crippen molar-refractivity contribution in [3.63, 3.8) is 0 Å². The maximum atomic E-state index is 4.23. The third kappa shape index (κ3) is 3.28. The molecular formula is C15H22N4S. The number of aromatic nitrogens is 2. The first-order valence-corrected chi connectivity index (χ1v) is 7.81. The second-order valence-corrected chi connectivity index (χ2v) is 5.93. The van der Waals surface area contributed by atoms with Gasteiger partial charge in [-0.2, -0.15) is 0 Å². The summed E-state index contributed by atoms with van der Waals surface area (Å²) in [4.78, 5) is 1.98. The summed E-state index contributed by atoms with van der Waals surface area (Å²) in [6.07, 6.45) is 2.07. The maximum absolute atomic E-state index is 4.23. The van der Waals surface area contributed by atoms with Gasteiger partial charge in [-0.15, -0.1) is 10.2 Å². The number of benzene rings is 1. The zero-order valence-electron chi connectivity index (χ0n) is 12.6. The molecule has 0 atom stereocenters. The molecule has 1 N–H and O–H groups in total. The minimum atomic E-state index is 0.732. The highest BCUT2D eigenvalue weighted by Crippen LogP contribution is 2.24. The van der Waals surface area contributed by atoms with E-state index in [4.69, 9.17) is 0 Å². The predicted octanol–water partition coefficient (Wildman–Crippen LogP) is 3.34. The highest BCUT2D eigenvalue weighted by Gasteiger charge is 2.09. The van der Waals surface area contributed by atoms with Crippen LogP contribution in [-0.4, -0.2) is 24.3 Å². The Morgan fingerprint density at radius 1 is 1.10 bits per heavy atom. The van der Waals surface area contributed by atoms with Crippen molar-refractivity contribution in [2.45, 2.75) is 33.2 Å². The molecule has 1 aromatic carbocycles. The van der Waals surface area contributed by atoms with Gasteiger partial charge >= 0.3 is 0 Å². The van der Waals surface area contributed by atoms with Crippen LogP contribution in [0.15, 0.2) is 18.2 Å². The Bertz CT molecular complexity index is 541. The van der Waals surface area contributed by atoms with Crippen LogP contribution in [0.4, 0.5) is 10.8 Å². The van der Waals surface area contributed by atoms with Crippen LogP contribution < -0.4 is 10.2 Å². The molecule has 0 fully saturated rings. The van der Waals surface area contributed by atoms with Crippen LogP contribution >= 0.6 is 11.3 Å². The van der Waals surface area contributed by atoms with Crippen molar-refractivity contribution < 1.29 is 0 Å². The largest absolute Gasteiger partial charge is 0.378 e. The lowest BCUT2D eigenvalue weighted by Gasteiger charge is -2.14. The van der Waals surface area contributed by atoms with Crippen molar-refractivity contribution in [2.24, 2.45) is 0 Å². The van der Waals surface area contributed by atoms with E-state index in [1.54, 1.807) is 11.3 Å². The van der Waals surface area contributed by atoms with Crippen molar-refractivity contribution in [3.8, 4) is 0 Å². The summed E-state index contributed by atoms with van der Waals surface area (Å²) in [5.41, 5.74) is 3.99. The Hall–Kier alpha value is -1.62.